The van der Waals surface area contributed by atoms with Crippen molar-refractivity contribution in [3.05, 3.63) is 99.6 Å². The topological polar surface area (TPSA) is 83.8 Å². The van der Waals surface area contributed by atoms with Crippen LogP contribution in [0.4, 0.5) is 0 Å². The van der Waals surface area contributed by atoms with Gasteiger partial charge < -0.3 is 14.9 Å². The average molecular weight is 499 g/mol. The number of ether oxygens (including phenoxy) is 1. The first-order valence-electron chi connectivity index (χ1n) is 12.5. The number of carboxylic acids is 1. The maximum atomic E-state index is 13.3. The van der Waals surface area contributed by atoms with Gasteiger partial charge in [0.05, 0.1) is 0 Å². The Labute approximate surface area is 218 Å². The number of allylic oxidation sites excluding steroid dienone is 1. The molecule has 3 aromatic carbocycles. The number of carbonyl (C=O) groups is 2. The van der Waals surface area contributed by atoms with Gasteiger partial charge in [-0.25, -0.2) is 4.79 Å². The van der Waals surface area contributed by atoms with E-state index in [9.17, 15) is 14.7 Å². The van der Waals surface area contributed by atoms with Gasteiger partial charge in [-0.15, -0.1) is 0 Å². The van der Waals surface area contributed by atoms with Crippen LogP contribution in [-0.4, -0.2) is 22.0 Å². The van der Waals surface area contributed by atoms with Gasteiger partial charge in [0.15, 0.2) is 5.78 Å². The normalized spacial score (nSPS) is 15.8. The Morgan fingerprint density at radius 3 is 2.27 bits per heavy atom. The highest BCUT2D eigenvalue weighted by Gasteiger charge is 2.40. The first kappa shape index (κ1) is 26.2. The van der Waals surface area contributed by atoms with Crippen LogP contribution in [-0.2, 0) is 17.4 Å². The zero-order valence-corrected chi connectivity index (χ0v) is 22.1. The number of ketones is 1. The maximum Gasteiger partial charge on any atom is 0.339 e. The van der Waals surface area contributed by atoms with Gasteiger partial charge in [-0.05, 0) is 77.6 Å². The second-order valence-corrected chi connectivity index (χ2v) is 11.2. The van der Waals surface area contributed by atoms with E-state index in [4.69, 9.17) is 9.84 Å². The molecule has 0 aliphatic heterocycles. The predicted molar refractivity (Wildman–Crippen MR) is 146 cm³/mol. The Hall–Kier alpha value is -3.86. The zero-order valence-electron chi connectivity index (χ0n) is 22.1. The van der Waals surface area contributed by atoms with E-state index in [0.29, 0.717) is 17.7 Å². The highest BCUT2D eigenvalue weighted by molar-refractivity contribution is 6.07. The monoisotopic (exact) mass is 498 g/mol. The highest BCUT2D eigenvalue weighted by atomic mass is 16.5. The molecule has 192 valence electrons. The lowest BCUT2D eigenvalue weighted by Gasteiger charge is -2.42. The number of hydrogen-bond donors (Lipinski definition) is 2. The summed E-state index contributed by atoms with van der Waals surface area (Å²) in [6.45, 7) is 11.3. The molecule has 1 aliphatic carbocycles. The standard InChI is InChI=1S/C32H34O5/c1-20-6-8-22(9-7-20)19-37-28-18-23(17-25-29(28)32(4,5)15-14-31(25,2)3)26(33)13-11-21-10-12-24(30(35)36)27(34)16-21/h6-13,16-18,34H,14-15,19H2,1-5H3,(H,35,36)/b13-11+. The maximum absolute atomic E-state index is 13.3. The second-order valence-electron chi connectivity index (χ2n) is 11.2. The van der Waals surface area contributed by atoms with E-state index >= 15 is 0 Å². The van der Waals surface area contributed by atoms with Crippen LogP contribution in [0.3, 0.4) is 0 Å². The number of fused-ring (bicyclic) bond motifs is 1. The first-order chi connectivity index (χ1) is 17.4. The average Bonchev–Trinajstić information content (AvgIpc) is 2.84. The molecule has 0 fully saturated rings. The number of aromatic carboxylic acids is 1. The van der Waals surface area contributed by atoms with E-state index in [2.05, 4.69) is 58.9 Å². The van der Waals surface area contributed by atoms with Crippen LogP contribution in [0.2, 0.25) is 0 Å². The Morgan fingerprint density at radius 2 is 1.62 bits per heavy atom. The lowest BCUT2D eigenvalue weighted by Crippen LogP contribution is -2.34. The van der Waals surface area contributed by atoms with Gasteiger partial charge in [-0.3, -0.25) is 4.79 Å². The van der Waals surface area contributed by atoms with E-state index < -0.39 is 5.97 Å². The van der Waals surface area contributed by atoms with Gasteiger partial charge in [-0.2, -0.15) is 0 Å². The van der Waals surface area contributed by atoms with Crippen molar-refractivity contribution in [3.8, 4) is 11.5 Å². The molecule has 0 bridgehead atoms. The lowest BCUT2D eigenvalue weighted by molar-refractivity contribution is 0.0693. The third-order valence-corrected chi connectivity index (χ3v) is 7.36. The fraction of sp³-hybridized carbons (Fsp3) is 0.312. The molecule has 0 atom stereocenters. The minimum atomic E-state index is -1.21. The molecule has 0 spiro atoms. The molecule has 0 saturated heterocycles. The minimum Gasteiger partial charge on any atom is -0.507 e. The van der Waals surface area contributed by atoms with Gasteiger partial charge in [0.1, 0.15) is 23.7 Å². The molecule has 5 nitrogen and oxygen atoms in total. The van der Waals surface area contributed by atoms with Crippen molar-refractivity contribution in [1.29, 1.82) is 0 Å². The predicted octanol–water partition coefficient (Wildman–Crippen LogP) is 7.22. The summed E-state index contributed by atoms with van der Waals surface area (Å²) in [5.74, 6) is -1.01. The van der Waals surface area contributed by atoms with Gasteiger partial charge in [-0.1, -0.05) is 69.7 Å². The van der Waals surface area contributed by atoms with Crippen molar-refractivity contribution < 1.29 is 24.5 Å². The summed E-state index contributed by atoms with van der Waals surface area (Å²) in [5.41, 5.74) is 5.23. The Kier molecular flexibility index (Phi) is 7.00. The summed E-state index contributed by atoms with van der Waals surface area (Å²) in [6, 6.07) is 16.3. The fourth-order valence-corrected chi connectivity index (χ4v) is 4.93. The molecule has 37 heavy (non-hydrogen) atoms. The number of hydrogen-bond acceptors (Lipinski definition) is 4. The summed E-state index contributed by atoms with van der Waals surface area (Å²) in [6.07, 6.45) is 5.06. The Morgan fingerprint density at radius 1 is 0.946 bits per heavy atom. The molecule has 1 aliphatic rings. The summed E-state index contributed by atoms with van der Waals surface area (Å²) in [7, 11) is 0. The van der Waals surface area contributed by atoms with Crippen LogP contribution < -0.4 is 4.74 Å². The van der Waals surface area contributed by atoms with E-state index in [0.717, 1.165) is 35.3 Å². The van der Waals surface area contributed by atoms with Crippen LogP contribution >= 0.6 is 0 Å². The van der Waals surface area contributed by atoms with Crippen LogP contribution in [0.15, 0.2) is 60.7 Å². The molecule has 3 aromatic rings. The van der Waals surface area contributed by atoms with Gasteiger partial charge in [0, 0.05) is 11.1 Å². The van der Waals surface area contributed by atoms with Crippen LogP contribution in [0.25, 0.3) is 6.08 Å². The highest BCUT2D eigenvalue weighted by Crippen LogP contribution is 2.50. The smallest absolute Gasteiger partial charge is 0.339 e. The molecule has 5 heteroatoms. The number of aromatic hydroxyl groups is 1. The van der Waals surface area contributed by atoms with Crippen molar-refractivity contribution in [2.45, 2.75) is 64.9 Å². The van der Waals surface area contributed by atoms with E-state index in [1.54, 1.807) is 12.1 Å². The summed E-state index contributed by atoms with van der Waals surface area (Å²) < 4.78 is 6.40. The molecule has 2 N–H and O–H groups in total. The summed E-state index contributed by atoms with van der Waals surface area (Å²) in [4.78, 5) is 24.4. The van der Waals surface area contributed by atoms with E-state index in [-0.39, 0.29) is 27.9 Å². The van der Waals surface area contributed by atoms with Gasteiger partial charge in [0.2, 0.25) is 0 Å². The van der Waals surface area contributed by atoms with Gasteiger partial charge in [0.25, 0.3) is 0 Å². The molecule has 0 unspecified atom stereocenters. The first-order valence-corrected chi connectivity index (χ1v) is 12.5. The van der Waals surface area contributed by atoms with Crippen LogP contribution in [0, 0.1) is 6.92 Å². The molecule has 0 radical (unpaired) electrons. The SMILES string of the molecule is Cc1ccc(COc2cc(C(=O)/C=C/c3ccc(C(=O)O)c(O)c3)cc3c2C(C)(C)CCC3(C)C)cc1. The summed E-state index contributed by atoms with van der Waals surface area (Å²) in [5, 5.41) is 19.1. The summed E-state index contributed by atoms with van der Waals surface area (Å²) >= 11 is 0. The number of aryl methyl sites for hydroxylation is 1. The molecule has 0 amide bonds. The molecule has 0 heterocycles. The van der Waals surface area contributed by atoms with Crippen molar-refractivity contribution in [2.75, 3.05) is 0 Å². The van der Waals surface area contributed by atoms with Crippen molar-refractivity contribution in [2.24, 2.45) is 0 Å². The quantitative estimate of drug-likeness (QED) is 0.265. The van der Waals surface area contributed by atoms with E-state index in [1.807, 2.05) is 12.1 Å². The molecule has 0 saturated carbocycles. The number of benzene rings is 3. The van der Waals surface area contributed by atoms with Gasteiger partial charge >= 0.3 is 5.97 Å². The van der Waals surface area contributed by atoms with Crippen LogP contribution in [0.5, 0.6) is 11.5 Å². The number of phenols is 1. The molecule has 4 rings (SSSR count). The number of carbonyl (C=O) groups excluding carboxylic acids is 1. The Bertz CT molecular complexity index is 1380. The third kappa shape index (κ3) is 5.61. The third-order valence-electron chi connectivity index (χ3n) is 7.36. The number of carboxylic acid groups (broad SMARTS) is 1. The fourth-order valence-electron chi connectivity index (χ4n) is 4.93. The Balaban J connectivity index is 1.71. The number of rotatable bonds is 7. The zero-order chi connectivity index (χ0) is 27.0. The lowest BCUT2D eigenvalue weighted by atomic mass is 9.62. The molecular formula is C32H34O5. The van der Waals surface area contributed by atoms with E-state index in [1.165, 1.54) is 23.8 Å². The molecule has 0 aromatic heterocycles. The molecular weight excluding hydrogens is 464 g/mol. The van der Waals surface area contributed by atoms with Crippen molar-refractivity contribution >= 4 is 17.8 Å². The van der Waals surface area contributed by atoms with Crippen molar-refractivity contribution in [3.63, 3.8) is 0 Å². The largest absolute Gasteiger partial charge is 0.507 e. The van der Waals surface area contributed by atoms with Crippen LogP contribution in [0.1, 0.15) is 89.1 Å². The van der Waals surface area contributed by atoms with Crippen molar-refractivity contribution in [1.82, 2.24) is 0 Å². The minimum absolute atomic E-state index is 0.0890. The second kappa shape index (κ2) is 9.89.